The zero-order chi connectivity index (χ0) is 16.1. The molecule has 0 spiro atoms. The van der Waals surface area contributed by atoms with Gasteiger partial charge >= 0.3 is 6.03 Å². The molecule has 2 rings (SSSR count). The molecular formula is C16H22N4O2. The standard InChI is InChI=1S/C16H22N4O2/c1-12(8-9-13-6-4-10-19(13)2)17-16(22)18-14-7-5-11-20(3)15(14)21/h4-7,10-12H,8-9H2,1-3H3,(H2,17,18,22). The molecule has 2 aromatic heterocycles. The number of anilines is 1. The molecule has 0 saturated heterocycles. The van der Waals surface area contributed by atoms with Crippen molar-refractivity contribution in [3.05, 3.63) is 52.7 Å². The second kappa shape index (κ2) is 6.98. The van der Waals surface area contributed by atoms with E-state index in [0.29, 0.717) is 0 Å². The summed E-state index contributed by atoms with van der Waals surface area (Å²) in [4.78, 5) is 23.8. The number of hydrogen-bond acceptors (Lipinski definition) is 2. The van der Waals surface area contributed by atoms with E-state index in [4.69, 9.17) is 0 Å². The van der Waals surface area contributed by atoms with E-state index in [9.17, 15) is 9.59 Å². The summed E-state index contributed by atoms with van der Waals surface area (Å²) in [7, 11) is 3.65. The van der Waals surface area contributed by atoms with Crippen LogP contribution in [0.4, 0.5) is 10.5 Å². The summed E-state index contributed by atoms with van der Waals surface area (Å²) in [6.45, 7) is 1.95. The van der Waals surface area contributed by atoms with Gasteiger partial charge in [0.1, 0.15) is 5.69 Å². The smallest absolute Gasteiger partial charge is 0.319 e. The molecular weight excluding hydrogens is 280 g/mol. The van der Waals surface area contributed by atoms with Gasteiger partial charge in [0, 0.05) is 38.2 Å². The quantitative estimate of drug-likeness (QED) is 0.885. The normalized spacial score (nSPS) is 12.0. The third-order valence-corrected chi connectivity index (χ3v) is 3.63. The van der Waals surface area contributed by atoms with Crippen molar-refractivity contribution in [2.75, 3.05) is 5.32 Å². The third kappa shape index (κ3) is 4.00. The fourth-order valence-corrected chi connectivity index (χ4v) is 2.27. The van der Waals surface area contributed by atoms with Gasteiger partial charge in [-0.2, -0.15) is 0 Å². The van der Waals surface area contributed by atoms with E-state index >= 15 is 0 Å². The molecule has 0 radical (unpaired) electrons. The number of urea groups is 1. The van der Waals surface area contributed by atoms with Gasteiger partial charge in [-0.3, -0.25) is 4.79 Å². The Morgan fingerprint density at radius 3 is 2.55 bits per heavy atom. The molecule has 2 N–H and O–H groups in total. The number of pyridine rings is 1. The zero-order valence-electron chi connectivity index (χ0n) is 13.2. The van der Waals surface area contributed by atoms with Crippen molar-refractivity contribution in [3.63, 3.8) is 0 Å². The van der Waals surface area contributed by atoms with Crippen LogP contribution in [0.1, 0.15) is 19.0 Å². The van der Waals surface area contributed by atoms with E-state index in [1.165, 1.54) is 10.3 Å². The maximum Gasteiger partial charge on any atom is 0.319 e. The van der Waals surface area contributed by atoms with Crippen LogP contribution in [0.25, 0.3) is 0 Å². The molecule has 0 bridgehead atoms. The number of nitrogens with one attached hydrogen (secondary N) is 2. The molecule has 0 aromatic carbocycles. The van der Waals surface area contributed by atoms with Crippen LogP contribution in [0.3, 0.4) is 0 Å². The van der Waals surface area contributed by atoms with E-state index in [1.807, 2.05) is 26.2 Å². The van der Waals surface area contributed by atoms with Gasteiger partial charge < -0.3 is 19.8 Å². The van der Waals surface area contributed by atoms with E-state index in [2.05, 4.69) is 21.3 Å². The van der Waals surface area contributed by atoms with Crippen LogP contribution in [0.2, 0.25) is 0 Å². The monoisotopic (exact) mass is 302 g/mol. The van der Waals surface area contributed by atoms with E-state index < -0.39 is 0 Å². The number of nitrogens with zero attached hydrogens (tertiary/aromatic N) is 2. The van der Waals surface area contributed by atoms with Crippen molar-refractivity contribution >= 4 is 11.7 Å². The van der Waals surface area contributed by atoms with Crippen LogP contribution < -0.4 is 16.2 Å². The Morgan fingerprint density at radius 1 is 1.18 bits per heavy atom. The number of amides is 2. The van der Waals surface area contributed by atoms with Gasteiger partial charge in [-0.25, -0.2) is 4.79 Å². The Hall–Kier alpha value is -2.50. The summed E-state index contributed by atoms with van der Waals surface area (Å²) in [5.74, 6) is 0. The van der Waals surface area contributed by atoms with Crippen LogP contribution in [0.5, 0.6) is 0 Å². The van der Waals surface area contributed by atoms with Crippen molar-refractivity contribution < 1.29 is 4.79 Å². The number of aromatic nitrogens is 2. The predicted octanol–water partition coefficient (Wildman–Crippen LogP) is 1.87. The highest BCUT2D eigenvalue weighted by atomic mass is 16.2. The van der Waals surface area contributed by atoms with E-state index in [-0.39, 0.29) is 23.3 Å². The molecule has 0 aliphatic carbocycles. The molecule has 0 saturated carbocycles. The summed E-state index contributed by atoms with van der Waals surface area (Å²) in [6, 6.07) is 7.04. The second-order valence-corrected chi connectivity index (χ2v) is 5.49. The lowest BCUT2D eigenvalue weighted by atomic mass is 10.1. The SMILES string of the molecule is CC(CCc1cccn1C)NC(=O)Nc1cccn(C)c1=O. The topological polar surface area (TPSA) is 68.1 Å². The summed E-state index contributed by atoms with van der Waals surface area (Å²) in [5, 5.41) is 5.45. The van der Waals surface area contributed by atoms with Crippen molar-refractivity contribution in [3.8, 4) is 0 Å². The van der Waals surface area contributed by atoms with Gasteiger partial charge in [0.25, 0.3) is 5.56 Å². The molecule has 0 aliphatic rings. The molecule has 2 amide bonds. The molecule has 1 unspecified atom stereocenters. The fraction of sp³-hybridized carbons (Fsp3) is 0.375. The highest BCUT2D eigenvalue weighted by molar-refractivity contribution is 5.89. The number of carbonyl (C=O) groups is 1. The van der Waals surface area contributed by atoms with E-state index in [1.54, 1.807) is 25.4 Å². The second-order valence-electron chi connectivity index (χ2n) is 5.49. The van der Waals surface area contributed by atoms with Crippen LogP contribution in [0.15, 0.2) is 41.5 Å². The van der Waals surface area contributed by atoms with Gasteiger partial charge in [0.05, 0.1) is 0 Å². The van der Waals surface area contributed by atoms with Gasteiger partial charge in [0.15, 0.2) is 0 Å². The summed E-state index contributed by atoms with van der Waals surface area (Å²) < 4.78 is 3.49. The first kappa shape index (κ1) is 15.9. The summed E-state index contributed by atoms with van der Waals surface area (Å²) in [6.07, 6.45) is 5.37. The first-order valence-electron chi connectivity index (χ1n) is 7.30. The first-order valence-corrected chi connectivity index (χ1v) is 7.30. The maximum atomic E-state index is 11.9. The van der Waals surface area contributed by atoms with E-state index in [0.717, 1.165) is 12.8 Å². The summed E-state index contributed by atoms with van der Waals surface area (Å²) in [5.41, 5.74) is 1.28. The number of rotatable bonds is 5. The lowest BCUT2D eigenvalue weighted by molar-refractivity contribution is 0.248. The number of aryl methyl sites for hydroxylation is 3. The number of hydrogen-bond donors (Lipinski definition) is 2. The highest BCUT2D eigenvalue weighted by Gasteiger charge is 2.10. The van der Waals surface area contributed by atoms with Gasteiger partial charge in [0.2, 0.25) is 0 Å². The third-order valence-electron chi connectivity index (χ3n) is 3.63. The van der Waals surface area contributed by atoms with Crippen molar-refractivity contribution in [1.29, 1.82) is 0 Å². The van der Waals surface area contributed by atoms with Gasteiger partial charge in [-0.1, -0.05) is 0 Å². The lowest BCUT2D eigenvalue weighted by Gasteiger charge is -2.15. The highest BCUT2D eigenvalue weighted by Crippen LogP contribution is 2.06. The predicted molar refractivity (Wildman–Crippen MR) is 87.0 cm³/mol. The van der Waals surface area contributed by atoms with Crippen LogP contribution in [0, 0.1) is 0 Å². The lowest BCUT2D eigenvalue weighted by Crippen LogP contribution is -2.38. The van der Waals surface area contributed by atoms with Crippen LogP contribution in [-0.4, -0.2) is 21.2 Å². The Kier molecular flexibility index (Phi) is 5.04. The Morgan fingerprint density at radius 2 is 1.86 bits per heavy atom. The van der Waals surface area contributed by atoms with Gasteiger partial charge in [-0.05, 0) is 44.0 Å². The average Bonchev–Trinajstić information content (AvgIpc) is 2.87. The maximum absolute atomic E-state index is 11.9. The molecule has 0 aliphatic heterocycles. The Balaban J connectivity index is 1.85. The van der Waals surface area contributed by atoms with Crippen LogP contribution >= 0.6 is 0 Å². The molecule has 118 valence electrons. The fourth-order valence-electron chi connectivity index (χ4n) is 2.27. The van der Waals surface area contributed by atoms with Gasteiger partial charge in [-0.15, -0.1) is 0 Å². The van der Waals surface area contributed by atoms with Crippen LogP contribution in [-0.2, 0) is 20.5 Å². The Labute approximate surface area is 129 Å². The minimum atomic E-state index is -0.359. The minimum Gasteiger partial charge on any atom is -0.354 e. The molecule has 6 nitrogen and oxygen atoms in total. The average molecular weight is 302 g/mol. The molecule has 2 aromatic rings. The Bertz CT molecular complexity index is 702. The number of carbonyl (C=O) groups excluding carboxylic acids is 1. The molecule has 0 fully saturated rings. The first-order chi connectivity index (χ1) is 10.5. The van der Waals surface area contributed by atoms with Crippen molar-refractivity contribution in [2.24, 2.45) is 14.1 Å². The zero-order valence-corrected chi connectivity index (χ0v) is 13.2. The molecule has 1 atom stereocenters. The molecule has 6 heteroatoms. The summed E-state index contributed by atoms with van der Waals surface area (Å²) >= 11 is 0. The van der Waals surface area contributed by atoms with Crippen molar-refractivity contribution in [1.82, 2.24) is 14.5 Å². The largest absolute Gasteiger partial charge is 0.354 e. The van der Waals surface area contributed by atoms with Crippen molar-refractivity contribution in [2.45, 2.75) is 25.8 Å². The minimum absolute atomic E-state index is 0.0162. The molecule has 2 heterocycles. The molecule has 22 heavy (non-hydrogen) atoms.